The van der Waals surface area contributed by atoms with Gasteiger partial charge in [0, 0.05) is 17.2 Å². The molecule has 0 saturated carbocycles. The molecule has 0 radical (unpaired) electrons. The zero-order valence-electron chi connectivity index (χ0n) is 19.4. The SMILES string of the molecule is COC(=O)CS(=O)(=O)N[C@H]1CCc2c(-c3noc(-c4ccc(OC(C)C)c(C#N)c4)n3)cccc21. The Hall–Kier alpha value is -3.75. The number of carbonyl (C=O) groups is 1. The van der Waals surface area contributed by atoms with Crippen LogP contribution in [0.3, 0.4) is 0 Å². The minimum atomic E-state index is -3.86. The maximum Gasteiger partial charge on any atom is 0.322 e. The second kappa shape index (κ2) is 9.85. The second-order valence-electron chi connectivity index (χ2n) is 8.33. The Morgan fingerprint density at radius 3 is 2.83 bits per heavy atom. The van der Waals surface area contributed by atoms with Crippen LogP contribution in [0.4, 0.5) is 0 Å². The molecule has 182 valence electrons. The van der Waals surface area contributed by atoms with E-state index in [9.17, 15) is 18.5 Å². The van der Waals surface area contributed by atoms with E-state index in [1.807, 2.05) is 26.0 Å². The van der Waals surface area contributed by atoms with Crippen molar-refractivity contribution in [1.29, 1.82) is 5.26 Å². The average molecular weight is 497 g/mol. The van der Waals surface area contributed by atoms with Gasteiger partial charge in [-0.05, 0) is 56.0 Å². The van der Waals surface area contributed by atoms with E-state index in [0.717, 1.165) is 23.8 Å². The zero-order chi connectivity index (χ0) is 25.2. The van der Waals surface area contributed by atoms with Gasteiger partial charge in [0.05, 0.1) is 18.8 Å². The Balaban J connectivity index is 1.60. The van der Waals surface area contributed by atoms with Crippen LogP contribution in [0, 0.1) is 11.3 Å². The van der Waals surface area contributed by atoms with Crippen molar-refractivity contribution in [2.75, 3.05) is 12.9 Å². The van der Waals surface area contributed by atoms with E-state index >= 15 is 0 Å². The first kappa shape index (κ1) is 24.4. The molecule has 0 bridgehead atoms. The van der Waals surface area contributed by atoms with Crippen LogP contribution in [0.1, 0.15) is 43.0 Å². The summed E-state index contributed by atoms with van der Waals surface area (Å²) >= 11 is 0. The first-order chi connectivity index (χ1) is 16.7. The average Bonchev–Trinajstić information content (AvgIpc) is 3.46. The molecule has 1 atom stereocenters. The highest BCUT2D eigenvalue weighted by Gasteiger charge is 2.30. The molecule has 1 heterocycles. The fourth-order valence-corrected chi connectivity index (χ4v) is 5.21. The minimum absolute atomic E-state index is 0.0723. The number of nitriles is 1. The van der Waals surface area contributed by atoms with Gasteiger partial charge in [0.15, 0.2) is 5.75 Å². The van der Waals surface area contributed by atoms with Gasteiger partial charge in [0.25, 0.3) is 5.89 Å². The van der Waals surface area contributed by atoms with Crippen LogP contribution in [0.25, 0.3) is 22.8 Å². The van der Waals surface area contributed by atoms with Crippen LogP contribution < -0.4 is 9.46 Å². The molecule has 0 saturated heterocycles. The smallest absolute Gasteiger partial charge is 0.322 e. The first-order valence-corrected chi connectivity index (χ1v) is 12.6. The number of methoxy groups -OCH3 is 1. The molecular weight excluding hydrogens is 472 g/mol. The molecular formula is C24H24N4O6S. The molecule has 10 nitrogen and oxygen atoms in total. The predicted octanol–water partition coefficient (Wildman–Crippen LogP) is 3.14. The van der Waals surface area contributed by atoms with Gasteiger partial charge in [-0.15, -0.1) is 0 Å². The summed E-state index contributed by atoms with van der Waals surface area (Å²) in [6.45, 7) is 3.76. The van der Waals surface area contributed by atoms with Crippen LogP contribution in [-0.2, 0) is 26.0 Å². The normalized spacial score (nSPS) is 15.0. The quantitative estimate of drug-likeness (QED) is 0.465. The number of fused-ring (bicyclic) bond motifs is 1. The number of esters is 1. The van der Waals surface area contributed by atoms with Crippen LogP contribution in [-0.4, -0.2) is 43.5 Å². The summed E-state index contributed by atoms with van der Waals surface area (Å²) in [5.74, 6) is -0.483. The van der Waals surface area contributed by atoms with Gasteiger partial charge in [0.1, 0.15) is 11.8 Å². The summed E-state index contributed by atoms with van der Waals surface area (Å²) in [5, 5.41) is 13.6. The Morgan fingerprint density at radius 1 is 1.31 bits per heavy atom. The molecule has 0 amide bonds. The van der Waals surface area contributed by atoms with Crippen molar-refractivity contribution in [3.05, 3.63) is 53.1 Å². The number of hydrogen-bond acceptors (Lipinski definition) is 9. The van der Waals surface area contributed by atoms with E-state index in [-0.39, 0.29) is 12.0 Å². The largest absolute Gasteiger partial charge is 0.490 e. The van der Waals surface area contributed by atoms with Crippen molar-refractivity contribution in [3.8, 4) is 34.7 Å². The maximum absolute atomic E-state index is 12.3. The van der Waals surface area contributed by atoms with Crippen molar-refractivity contribution >= 4 is 16.0 Å². The van der Waals surface area contributed by atoms with Crippen molar-refractivity contribution < 1.29 is 27.2 Å². The van der Waals surface area contributed by atoms with Crippen molar-refractivity contribution in [2.24, 2.45) is 0 Å². The van der Waals surface area contributed by atoms with Crippen LogP contribution in [0.15, 0.2) is 40.9 Å². The van der Waals surface area contributed by atoms with Gasteiger partial charge in [-0.1, -0.05) is 23.4 Å². The minimum Gasteiger partial charge on any atom is -0.490 e. The van der Waals surface area contributed by atoms with E-state index in [4.69, 9.17) is 9.26 Å². The monoisotopic (exact) mass is 496 g/mol. The Bertz CT molecular complexity index is 1410. The number of nitrogens with one attached hydrogen (secondary N) is 1. The Morgan fingerprint density at radius 2 is 2.11 bits per heavy atom. The first-order valence-electron chi connectivity index (χ1n) is 10.9. The number of ether oxygens (including phenoxy) is 2. The molecule has 35 heavy (non-hydrogen) atoms. The number of aromatic nitrogens is 2. The van der Waals surface area contributed by atoms with E-state index in [0.29, 0.717) is 35.5 Å². The highest BCUT2D eigenvalue weighted by atomic mass is 32.2. The van der Waals surface area contributed by atoms with Crippen molar-refractivity contribution in [1.82, 2.24) is 14.9 Å². The lowest BCUT2D eigenvalue weighted by molar-refractivity contribution is -0.137. The molecule has 1 aliphatic carbocycles. The molecule has 1 N–H and O–H groups in total. The lowest BCUT2D eigenvalue weighted by Gasteiger charge is -2.14. The van der Waals surface area contributed by atoms with Crippen molar-refractivity contribution in [3.63, 3.8) is 0 Å². The second-order valence-corrected chi connectivity index (χ2v) is 10.1. The maximum atomic E-state index is 12.3. The molecule has 1 aromatic heterocycles. The van der Waals surface area contributed by atoms with E-state index in [1.165, 1.54) is 0 Å². The number of nitrogens with zero attached hydrogens (tertiary/aromatic N) is 3. The summed E-state index contributed by atoms with van der Waals surface area (Å²) in [6, 6.07) is 12.2. The lowest BCUT2D eigenvalue weighted by atomic mass is 10.0. The van der Waals surface area contributed by atoms with Crippen LogP contribution >= 0.6 is 0 Å². The summed E-state index contributed by atoms with van der Waals surface area (Å²) in [5.41, 5.74) is 3.37. The molecule has 11 heteroatoms. The van der Waals surface area contributed by atoms with E-state index < -0.39 is 27.8 Å². The Labute approximate surface area is 202 Å². The topological polar surface area (TPSA) is 144 Å². The summed E-state index contributed by atoms with van der Waals surface area (Å²) in [7, 11) is -2.72. The number of hydrogen-bond donors (Lipinski definition) is 1. The number of sulfonamides is 1. The third kappa shape index (κ3) is 5.34. The molecule has 0 aliphatic heterocycles. The Kier molecular flexibility index (Phi) is 6.86. The van der Waals surface area contributed by atoms with Crippen LogP contribution in [0.5, 0.6) is 5.75 Å². The van der Waals surface area contributed by atoms with Gasteiger partial charge >= 0.3 is 5.97 Å². The molecule has 2 aromatic carbocycles. The van der Waals surface area contributed by atoms with Gasteiger partial charge < -0.3 is 14.0 Å². The number of carbonyl (C=O) groups excluding carboxylic acids is 1. The number of rotatable bonds is 8. The zero-order valence-corrected chi connectivity index (χ0v) is 20.3. The predicted molar refractivity (Wildman–Crippen MR) is 126 cm³/mol. The molecule has 1 aliphatic rings. The summed E-state index contributed by atoms with van der Waals surface area (Å²) < 4.78 is 42.8. The molecule has 0 unspecified atom stereocenters. The van der Waals surface area contributed by atoms with Crippen molar-refractivity contribution in [2.45, 2.75) is 38.8 Å². The fourth-order valence-electron chi connectivity index (χ4n) is 4.02. The van der Waals surface area contributed by atoms with E-state index in [1.54, 1.807) is 24.3 Å². The van der Waals surface area contributed by atoms with Crippen LogP contribution in [0.2, 0.25) is 0 Å². The van der Waals surface area contributed by atoms with E-state index in [2.05, 4.69) is 25.7 Å². The van der Waals surface area contributed by atoms with Gasteiger partial charge in [-0.2, -0.15) is 10.2 Å². The van der Waals surface area contributed by atoms with Gasteiger partial charge in [0.2, 0.25) is 15.8 Å². The van der Waals surface area contributed by atoms with Gasteiger partial charge in [-0.25, -0.2) is 13.1 Å². The number of benzene rings is 2. The lowest BCUT2D eigenvalue weighted by Crippen LogP contribution is -2.33. The highest BCUT2D eigenvalue weighted by molar-refractivity contribution is 7.90. The summed E-state index contributed by atoms with van der Waals surface area (Å²) in [6.07, 6.45) is 1.05. The molecule has 0 fully saturated rings. The third-order valence-electron chi connectivity index (χ3n) is 5.50. The third-order valence-corrected chi connectivity index (χ3v) is 6.76. The molecule has 0 spiro atoms. The molecule has 4 rings (SSSR count). The fraction of sp³-hybridized carbons (Fsp3) is 0.333. The van der Waals surface area contributed by atoms with Gasteiger partial charge in [-0.3, -0.25) is 4.79 Å². The summed E-state index contributed by atoms with van der Waals surface area (Å²) in [4.78, 5) is 15.9. The molecule has 3 aromatic rings. The standard InChI is InChI=1S/C24H24N4O6S/c1-14(2)33-21-10-7-15(11-16(21)12-25)24-26-23(27-34-24)19-6-4-5-18-17(19)8-9-20(18)28-35(30,31)13-22(29)32-3/h4-7,10-11,14,20,28H,8-9,13H2,1-3H3/t20-/m0/s1. The highest BCUT2D eigenvalue weighted by Crippen LogP contribution is 2.38.